The molecule has 1 heterocycles. The fraction of sp³-hybridized carbons (Fsp3) is 0.462. The Morgan fingerprint density at radius 2 is 2.25 bits per heavy atom. The highest BCUT2D eigenvalue weighted by Gasteiger charge is 2.23. The van der Waals surface area contributed by atoms with Gasteiger partial charge in [0.25, 0.3) is 0 Å². The van der Waals surface area contributed by atoms with Crippen LogP contribution in [0.3, 0.4) is 0 Å². The summed E-state index contributed by atoms with van der Waals surface area (Å²) in [5.41, 5.74) is 0.924. The molecule has 6 nitrogen and oxygen atoms in total. The van der Waals surface area contributed by atoms with Crippen LogP contribution in [0.25, 0.3) is 0 Å². The molecule has 0 amide bonds. The highest BCUT2D eigenvalue weighted by atomic mass is 32.2. The van der Waals surface area contributed by atoms with Gasteiger partial charge in [0.2, 0.25) is 10.0 Å². The number of carbonyl (C=O) groups is 1. The summed E-state index contributed by atoms with van der Waals surface area (Å²) in [6.45, 7) is 2.25. The van der Waals surface area contributed by atoms with E-state index in [4.69, 9.17) is 9.84 Å². The molecule has 1 fully saturated rings. The zero-order valence-corrected chi connectivity index (χ0v) is 11.9. The average Bonchev–Trinajstić information content (AvgIpc) is 2.82. The standard InChI is InChI=1S/C13H17NO5S/c1-9-4-5-10(7-12(9)13(15)16)14-20(17,18)8-11-3-2-6-19-11/h4-5,7,11,14H,2-3,6,8H2,1H3,(H,15,16). The maximum Gasteiger partial charge on any atom is 0.336 e. The molecule has 2 N–H and O–H groups in total. The lowest BCUT2D eigenvalue weighted by molar-refractivity contribution is 0.0696. The maximum absolute atomic E-state index is 12.0. The molecule has 1 aliphatic rings. The van der Waals surface area contributed by atoms with Crippen molar-refractivity contribution >= 4 is 21.7 Å². The van der Waals surface area contributed by atoms with Crippen molar-refractivity contribution in [3.8, 4) is 0 Å². The van der Waals surface area contributed by atoms with Gasteiger partial charge in [-0.2, -0.15) is 0 Å². The van der Waals surface area contributed by atoms with Crippen molar-refractivity contribution in [2.45, 2.75) is 25.9 Å². The quantitative estimate of drug-likeness (QED) is 0.861. The number of carboxylic acid groups (broad SMARTS) is 1. The van der Waals surface area contributed by atoms with Crippen LogP contribution in [0, 0.1) is 6.92 Å². The second kappa shape index (κ2) is 5.80. The molecule has 0 saturated carbocycles. The monoisotopic (exact) mass is 299 g/mol. The Kier molecular flexibility index (Phi) is 4.29. The zero-order chi connectivity index (χ0) is 14.8. The average molecular weight is 299 g/mol. The minimum Gasteiger partial charge on any atom is -0.478 e. The molecule has 1 unspecified atom stereocenters. The van der Waals surface area contributed by atoms with Crippen LogP contribution in [-0.2, 0) is 14.8 Å². The van der Waals surface area contributed by atoms with Gasteiger partial charge in [-0.05, 0) is 37.5 Å². The number of carboxylic acids is 1. The van der Waals surface area contributed by atoms with Crippen LogP contribution < -0.4 is 4.72 Å². The first-order valence-electron chi connectivity index (χ1n) is 6.33. The van der Waals surface area contributed by atoms with Crippen LogP contribution >= 0.6 is 0 Å². The summed E-state index contributed by atoms with van der Waals surface area (Å²) >= 11 is 0. The Balaban J connectivity index is 2.12. The predicted octanol–water partition coefficient (Wildman–Crippen LogP) is 1.61. The van der Waals surface area contributed by atoms with Gasteiger partial charge in [-0.15, -0.1) is 0 Å². The normalized spacial score (nSPS) is 18.9. The molecule has 1 aromatic rings. The van der Waals surface area contributed by atoms with E-state index in [0.29, 0.717) is 12.2 Å². The largest absolute Gasteiger partial charge is 0.478 e. The van der Waals surface area contributed by atoms with E-state index in [1.807, 2.05) is 0 Å². The molecule has 1 aromatic carbocycles. The van der Waals surface area contributed by atoms with E-state index < -0.39 is 16.0 Å². The van der Waals surface area contributed by atoms with Gasteiger partial charge in [-0.1, -0.05) is 6.07 Å². The van der Waals surface area contributed by atoms with E-state index in [9.17, 15) is 13.2 Å². The van der Waals surface area contributed by atoms with Crippen molar-refractivity contribution in [3.05, 3.63) is 29.3 Å². The van der Waals surface area contributed by atoms with Crippen LogP contribution in [0.15, 0.2) is 18.2 Å². The van der Waals surface area contributed by atoms with Gasteiger partial charge in [-0.3, -0.25) is 4.72 Å². The molecule has 110 valence electrons. The van der Waals surface area contributed by atoms with E-state index in [0.717, 1.165) is 12.8 Å². The van der Waals surface area contributed by atoms with Crippen LogP contribution in [-0.4, -0.2) is 38.0 Å². The lowest BCUT2D eigenvalue weighted by Crippen LogP contribution is -2.25. The van der Waals surface area contributed by atoms with Crippen molar-refractivity contribution < 1.29 is 23.1 Å². The molecule has 0 radical (unpaired) electrons. The van der Waals surface area contributed by atoms with Gasteiger partial charge in [0, 0.05) is 12.3 Å². The number of nitrogens with one attached hydrogen (secondary N) is 1. The third kappa shape index (κ3) is 3.71. The van der Waals surface area contributed by atoms with Crippen LogP contribution in [0.2, 0.25) is 0 Å². The molecule has 0 spiro atoms. The smallest absolute Gasteiger partial charge is 0.336 e. The van der Waals surface area contributed by atoms with E-state index in [2.05, 4.69) is 4.72 Å². The fourth-order valence-corrected chi connectivity index (χ4v) is 3.48. The summed E-state index contributed by atoms with van der Waals surface area (Å²) in [7, 11) is -3.54. The van der Waals surface area contributed by atoms with Crippen molar-refractivity contribution in [3.63, 3.8) is 0 Å². The van der Waals surface area contributed by atoms with Crippen LogP contribution in [0.4, 0.5) is 5.69 Å². The van der Waals surface area contributed by atoms with E-state index in [1.54, 1.807) is 19.1 Å². The summed E-state index contributed by atoms with van der Waals surface area (Å²) in [6, 6.07) is 4.45. The minimum atomic E-state index is -3.54. The first kappa shape index (κ1) is 14.8. The highest BCUT2D eigenvalue weighted by Crippen LogP contribution is 2.19. The number of hydrogen-bond donors (Lipinski definition) is 2. The SMILES string of the molecule is Cc1ccc(NS(=O)(=O)CC2CCCO2)cc1C(=O)O. The first-order valence-corrected chi connectivity index (χ1v) is 7.99. The lowest BCUT2D eigenvalue weighted by Gasteiger charge is -2.13. The second-order valence-corrected chi connectivity index (χ2v) is 6.62. The molecule has 1 atom stereocenters. The predicted molar refractivity (Wildman–Crippen MR) is 74.5 cm³/mol. The Labute approximate surface area is 117 Å². The zero-order valence-electron chi connectivity index (χ0n) is 11.1. The summed E-state index contributed by atoms with van der Waals surface area (Å²) < 4.78 is 31.7. The third-order valence-corrected chi connectivity index (χ3v) is 4.53. The Morgan fingerprint density at radius 3 is 2.85 bits per heavy atom. The van der Waals surface area contributed by atoms with Gasteiger partial charge in [0.1, 0.15) is 0 Å². The molecule has 0 aromatic heterocycles. The molecular formula is C13H17NO5S. The summed E-state index contributed by atoms with van der Waals surface area (Å²) in [4.78, 5) is 11.0. The van der Waals surface area contributed by atoms with Crippen LogP contribution in [0.5, 0.6) is 0 Å². The number of sulfonamides is 1. The summed E-state index contributed by atoms with van der Waals surface area (Å²) in [6.07, 6.45) is 1.32. The number of aromatic carboxylic acids is 1. The Hall–Kier alpha value is -1.60. The molecule has 2 rings (SSSR count). The third-order valence-electron chi connectivity index (χ3n) is 3.17. The van der Waals surface area contributed by atoms with Crippen molar-refractivity contribution in [1.82, 2.24) is 0 Å². The van der Waals surface area contributed by atoms with E-state index in [-0.39, 0.29) is 23.1 Å². The van der Waals surface area contributed by atoms with Gasteiger partial charge in [0.05, 0.1) is 17.4 Å². The van der Waals surface area contributed by atoms with Crippen LogP contribution in [0.1, 0.15) is 28.8 Å². The first-order chi connectivity index (χ1) is 9.37. The van der Waals surface area contributed by atoms with Crippen molar-refractivity contribution in [1.29, 1.82) is 0 Å². The molecule has 7 heteroatoms. The molecule has 0 aliphatic carbocycles. The number of ether oxygens (including phenoxy) is 1. The number of anilines is 1. The Bertz CT molecular complexity index is 605. The molecule has 0 bridgehead atoms. The molecule has 20 heavy (non-hydrogen) atoms. The topological polar surface area (TPSA) is 92.7 Å². The van der Waals surface area contributed by atoms with E-state index >= 15 is 0 Å². The molecular weight excluding hydrogens is 282 g/mol. The fourth-order valence-electron chi connectivity index (χ4n) is 2.16. The summed E-state index contributed by atoms with van der Waals surface area (Å²) in [5.74, 6) is -1.19. The number of hydrogen-bond acceptors (Lipinski definition) is 4. The highest BCUT2D eigenvalue weighted by molar-refractivity contribution is 7.92. The van der Waals surface area contributed by atoms with Gasteiger partial charge >= 0.3 is 5.97 Å². The van der Waals surface area contributed by atoms with Gasteiger partial charge in [-0.25, -0.2) is 13.2 Å². The second-order valence-electron chi connectivity index (χ2n) is 4.85. The number of rotatable bonds is 5. The van der Waals surface area contributed by atoms with E-state index in [1.165, 1.54) is 6.07 Å². The maximum atomic E-state index is 12.0. The lowest BCUT2D eigenvalue weighted by atomic mass is 10.1. The minimum absolute atomic E-state index is 0.0855. The van der Waals surface area contributed by atoms with Crippen molar-refractivity contribution in [2.24, 2.45) is 0 Å². The summed E-state index contributed by atoms with van der Waals surface area (Å²) in [5, 5.41) is 9.02. The molecule has 1 aliphatic heterocycles. The van der Waals surface area contributed by atoms with Crippen molar-refractivity contribution in [2.75, 3.05) is 17.1 Å². The number of aryl methyl sites for hydroxylation is 1. The molecule has 1 saturated heterocycles. The number of benzene rings is 1. The van der Waals surface area contributed by atoms with Gasteiger partial charge in [0.15, 0.2) is 0 Å². The van der Waals surface area contributed by atoms with Gasteiger partial charge < -0.3 is 9.84 Å². The Morgan fingerprint density at radius 1 is 1.50 bits per heavy atom.